The van der Waals surface area contributed by atoms with Gasteiger partial charge < -0.3 is 15.2 Å². The van der Waals surface area contributed by atoms with Gasteiger partial charge in [-0.2, -0.15) is 0 Å². The standard InChI is InChI=1S/C22H25NO4/c24-20(25)22(13-11-19(12-14-22)18-9-5-2-6-10-18)16-23-21(26)27-15-17-7-3-1-4-8-17/h1-10,19H,11-16H2,(H,23,26)(H,24,25). The van der Waals surface area contributed by atoms with Gasteiger partial charge in [0.25, 0.3) is 0 Å². The number of alkyl carbamates (subject to hydrolysis) is 1. The Kier molecular flexibility index (Phi) is 6.12. The second-order valence-electron chi connectivity index (χ2n) is 7.19. The molecule has 5 nitrogen and oxygen atoms in total. The van der Waals surface area contributed by atoms with Crippen LogP contribution in [0.3, 0.4) is 0 Å². The second kappa shape index (κ2) is 8.71. The highest BCUT2D eigenvalue weighted by Crippen LogP contribution is 2.43. The van der Waals surface area contributed by atoms with Crippen LogP contribution < -0.4 is 5.32 Å². The molecule has 3 rings (SSSR count). The smallest absolute Gasteiger partial charge is 0.407 e. The number of aliphatic carboxylic acids is 1. The third-order valence-corrected chi connectivity index (χ3v) is 5.45. The Morgan fingerprint density at radius 2 is 1.59 bits per heavy atom. The number of hydrogen-bond acceptors (Lipinski definition) is 3. The SMILES string of the molecule is O=C(NCC1(C(=O)O)CCC(c2ccccc2)CC1)OCc1ccccc1. The molecule has 2 aromatic rings. The van der Waals surface area contributed by atoms with Gasteiger partial charge in [-0.15, -0.1) is 0 Å². The van der Waals surface area contributed by atoms with Crippen molar-refractivity contribution in [2.75, 3.05) is 6.54 Å². The maximum atomic E-state index is 12.0. The Morgan fingerprint density at radius 1 is 1.00 bits per heavy atom. The minimum Gasteiger partial charge on any atom is -0.481 e. The number of ether oxygens (including phenoxy) is 1. The van der Waals surface area contributed by atoms with Crippen LogP contribution in [-0.4, -0.2) is 23.7 Å². The first-order valence-corrected chi connectivity index (χ1v) is 9.32. The zero-order valence-electron chi connectivity index (χ0n) is 15.3. The van der Waals surface area contributed by atoms with Gasteiger partial charge in [0.2, 0.25) is 0 Å². The fourth-order valence-corrected chi connectivity index (χ4v) is 3.71. The van der Waals surface area contributed by atoms with Gasteiger partial charge >= 0.3 is 12.1 Å². The first-order valence-electron chi connectivity index (χ1n) is 9.32. The van der Waals surface area contributed by atoms with Crippen molar-refractivity contribution in [1.29, 1.82) is 0 Å². The van der Waals surface area contributed by atoms with Crippen molar-refractivity contribution in [2.24, 2.45) is 5.41 Å². The van der Waals surface area contributed by atoms with E-state index >= 15 is 0 Å². The lowest BCUT2D eigenvalue weighted by molar-refractivity contribution is -0.150. The lowest BCUT2D eigenvalue weighted by Crippen LogP contribution is -2.45. The van der Waals surface area contributed by atoms with Gasteiger partial charge in [-0.25, -0.2) is 4.79 Å². The van der Waals surface area contributed by atoms with Gasteiger partial charge in [0.15, 0.2) is 0 Å². The summed E-state index contributed by atoms with van der Waals surface area (Å²) in [6, 6.07) is 19.6. The lowest BCUT2D eigenvalue weighted by atomic mass is 9.69. The quantitative estimate of drug-likeness (QED) is 0.796. The molecule has 0 saturated heterocycles. The van der Waals surface area contributed by atoms with Crippen LogP contribution in [0.5, 0.6) is 0 Å². The Balaban J connectivity index is 1.52. The molecule has 1 saturated carbocycles. The number of carboxylic acids is 1. The molecule has 0 radical (unpaired) electrons. The molecule has 0 unspecified atom stereocenters. The molecule has 0 aliphatic heterocycles. The predicted octanol–water partition coefficient (Wildman–Crippen LogP) is 4.34. The number of benzene rings is 2. The number of carbonyl (C=O) groups excluding carboxylic acids is 1. The number of nitrogens with one attached hydrogen (secondary N) is 1. The number of hydrogen-bond donors (Lipinski definition) is 2. The van der Waals surface area contributed by atoms with E-state index in [4.69, 9.17) is 4.74 Å². The van der Waals surface area contributed by atoms with E-state index in [1.54, 1.807) is 0 Å². The van der Waals surface area contributed by atoms with E-state index in [9.17, 15) is 14.7 Å². The fourth-order valence-electron chi connectivity index (χ4n) is 3.71. The topological polar surface area (TPSA) is 75.6 Å². The van der Waals surface area contributed by atoms with E-state index in [2.05, 4.69) is 17.4 Å². The normalized spacial score (nSPS) is 22.0. The highest BCUT2D eigenvalue weighted by atomic mass is 16.5. The molecule has 1 amide bonds. The summed E-state index contributed by atoms with van der Waals surface area (Å²) >= 11 is 0. The van der Waals surface area contributed by atoms with Crippen LogP contribution in [0.25, 0.3) is 0 Å². The van der Waals surface area contributed by atoms with Gasteiger partial charge in [-0.1, -0.05) is 60.7 Å². The van der Waals surface area contributed by atoms with Crippen LogP contribution in [0.2, 0.25) is 0 Å². The van der Waals surface area contributed by atoms with Crippen molar-refractivity contribution in [2.45, 2.75) is 38.2 Å². The van der Waals surface area contributed by atoms with E-state index in [0.29, 0.717) is 18.8 Å². The molecule has 0 spiro atoms. The molecule has 2 N–H and O–H groups in total. The minimum atomic E-state index is -0.920. The summed E-state index contributed by atoms with van der Waals surface area (Å²) in [6.07, 6.45) is 2.11. The van der Waals surface area contributed by atoms with Gasteiger partial charge in [0.05, 0.1) is 5.41 Å². The fraction of sp³-hybridized carbons (Fsp3) is 0.364. The van der Waals surface area contributed by atoms with Crippen molar-refractivity contribution < 1.29 is 19.4 Å². The maximum absolute atomic E-state index is 12.0. The van der Waals surface area contributed by atoms with Crippen LogP contribution in [0, 0.1) is 5.41 Å². The molecule has 27 heavy (non-hydrogen) atoms. The van der Waals surface area contributed by atoms with E-state index in [-0.39, 0.29) is 13.2 Å². The highest BCUT2D eigenvalue weighted by Gasteiger charge is 2.42. The molecule has 142 valence electrons. The molecular weight excluding hydrogens is 342 g/mol. The average Bonchev–Trinajstić information content (AvgIpc) is 2.72. The molecule has 1 aliphatic rings. The van der Waals surface area contributed by atoms with Crippen LogP contribution in [0.1, 0.15) is 42.7 Å². The van der Waals surface area contributed by atoms with E-state index in [1.165, 1.54) is 5.56 Å². The third-order valence-electron chi connectivity index (χ3n) is 5.45. The third kappa shape index (κ3) is 4.88. The lowest BCUT2D eigenvalue weighted by Gasteiger charge is -2.37. The molecule has 0 heterocycles. The Labute approximate surface area is 159 Å². The largest absolute Gasteiger partial charge is 0.481 e. The number of carboxylic acid groups (broad SMARTS) is 1. The molecule has 0 bridgehead atoms. The second-order valence-corrected chi connectivity index (χ2v) is 7.19. The summed E-state index contributed by atoms with van der Waals surface area (Å²) in [4.78, 5) is 23.9. The summed E-state index contributed by atoms with van der Waals surface area (Å²) in [7, 11) is 0. The van der Waals surface area contributed by atoms with E-state index in [1.807, 2.05) is 48.5 Å². The van der Waals surface area contributed by atoms with Crippen molar-refractivity contribution in [3.8, 4) is 0 Å². The Bertz CT molecular complexity index is 752. The van der Waals surface area contributed by atoms with Crippen molar-refractivity contribution in [3.63, 3.8) is 0 Å². The van der Waals surface area contributed by atoms with Gasteiger partial charge in [0, 0.05) is 6.54 Å². The number of amides is 1. The maximum Gasteiger partial charge on any atom is 0.407 e. The van der Waals surface area contributed by atoms with Crippen molar-refractivity contribution in [1.82, 2.24) is 5.32 Å². The van der Waals surface area contributed by atoms with Crippen LogP contribution in [-0.2, 0) is 16.1 Å². The van der Waals surface area contributed by atoms with Crippen molar-refractivity contribution in [3.05, 3.63) is 71.8 Å². The summed E-state index contributed by atoms with van der Waals surface area (Å²) < 4.78 is 5.19. The molecule has 0 aromatic heterocycles. The summed E-state index contributed by atoms with van der Waals surface area (Å²) in [6.45, 7) is 0.264. The zero-order chi connectivity index (χ0) is 19.1. The molecule has 2 aromatic carbocycles. The van der Waals surface area contributed by atoms with Crippen LogP contribution >= 0.6 is 0 Å². The first-order chi connectivity index (χ1) is 13.1. The van der Waals surface area contributed by atoms with E-state index < -0.39 is 17.5 Å². The first kappa shape index (κ1) is 19.0. The zero-order valence-corrected chi connectivity index (χ0v) is 15.3. The predicted molar refractivity (Wildman–Crippen MR) is 102 cm³/mol. The number of rotatable bonds is 6. The van der Waals surface area contributed by atoms with Gasteiger partial charge in [-0.3, -0.25) is 4.79 Å². The highest BCUT2D eigenvalue weighted by molar-refractivity contribution is 5.76. The molecule has 5 heteroatoms. The summed E-state index contributed by atoms with van der Waals surface area (Å²) in [5, 5.41) is 12.4. The molecular formula is C22H25NO4. The molecule has 1 aliphatic carbocycles. The summed E-state index contributed by atoms with van der Waals surface area (Å²) in [5.74, 6) is -0.471. The molecule has 0 atom stereocenters. The summed E-state index contributed by atoms with van der Waals surface area (Å²) in [5.41, 5.74) is 1.23. The minimum absolute atomic E-state index is 0.0947. The van der Waals surface area contributed by atoms with Gasteiger partial charge in [-0.05, 0) is 42.7 Å². The molecule has 1 fully saturated rings. The average molecular weight is 367 g/mol. The number of carbonyl (C=O) groups is 2. The Morgan fingerprint density at radius 3 is 2.19 bits per heavy atom. The monoisotopic (exact) mass is 367 g/mol. The Hall–Kier alpha value is -2.82. The van der Waals surface area contributed by atoms with Crippen LogP contribution in [0.4, 0.5) is 4.79 Å². The van der Waals surface area contributed by atoms with Gasteiger partial charge in [0.1, 0.15) is 6.61 Å². The van der Waals surface area contributed by atoms with Crippen molar-refractivity contribution >= 4 is 12.1 Å². The van der Waals surface area contributed by atoms with Crippen LogP contribution in [0.15, 0.2) is 60.7 Å². The van der Waals surface area contributed by atoms with E-state index in [0.717, 1.165) is 18.4 Å².